The molecule has 2 aromatic rings. The first-order valence-electron chi connectivity index (χ1n) is 10.3. The third-order valence-electron chi connectivity index (χ3n) is 5.94. The first kappa shape index (κ1) is 20.7. The van der Waals surface area contributed by atoms with Crippen molar-refractivity contribution in [3.8, 4) is 0 Å². The summed E-state index contributed by atoms with van der Waals surface area (Å²) in [7, 11) is 0. The van der Waals surface area contributed by atoms with Gasteiger partial charge in [-0.2, -0.15) is 0 Å². The smallest absolute Gasteiger partial charge is 0.223 e. The van der Waals surface area contributed by atoms with E-state index in [-0.39, 0.29) is 11.8 Å². The molecule has 4 rings (SSSR count). The van der Waals surface area contributed by atoms with Crippen molar-refractivity contribution < 1.29 is 4.79 Å². The lowest BCUT2D eigenvalue weighted by molar-refractivity contribution is -0.122. The Hall–Kier alpha value is -1.59. The Morgan fingerprint density at radius 2 is 1.69 bits per heavy atom. The van der Waals surface area contributed by atoms with Crippen LogP contribution in [0.5, 0.6) is 0 Å². The van der Waals surface area contributed by atoms with E-state index in [2.05, 4.69) is 27.2 Å². The number of halogens is 2. The predicted molar refractivity (Wildman–Crippen MR) is 118 cm³/mol. The second kappa shape index (κ2) is 9.48. The first-order chi connectivity index (χ1) is 14.1. The van der Waals surface area contributed by atoms with Gasteiger partial charge in [0.25, 0.3) is 0 Å². The highest BCUT2D eigenvalue weighted by molar-refractivity contribution is 6.42. The average Bonchev–Trinajstić information content (AvgIpc) is 3.54. The van der Waals surface area contributed by atoms with Gasteiger partial charge in [-0.3, -0.25) is 14.6 Å². The molecule has 1 amide bonds. The van der Waals surface area contributed by atoms with Crippen molar-refractivity contribution in [2.24, 2.45) is 5.92 Å². The van der Waals surface area contributed by atoms with Crippen molar-refractivity contribution in [3.63, 3.8) is 0 Å². The maximum absolute atomic E-state index is 12.4. The summed E-state index contributed by atoms with van der Waals surface area (Å²) in [6, 6.07) is 16.2. The molecule has 0 bridgehead atoms. The largest absolute Gasteiger partial charge is 0.355 e. The Morgan fingerprint density at radius 1 is 0.966 bits per heavy atom. The summed E-state index contributed by atoms with van der Waals surface area (Å²) >= 11 is 12.1. The van der Waals surface area contributed by atoms with E-state index in [1.54, 1.807) is 0 Å². The molecule has 1 aliphatic heterocycles. The maximum Gasteiger partial charge on any atom is 0.223 e. The normalized spacial score (nSPS) is 22.4. The molecule has 0 radical (unpaired) electrons. The van der Waals surface area contributed by atoms with E-state index in [4.69, 9.17) is 23.2 Å². The number of hydrogen-bond acceptors (Lipinski definition) is 3. The quantitative estimate of drug-likeness (QED) is 0.718. The highest BCUT2D eigenvalue weighted by Gasteiger charge is 2.43. The molecule has 1 saturated carbocycles. The van der Waals surface area contributed by atoms with Crippen molar-refractivity contribution in [1.82, 2.24) is 15.1 Å². The minimum atomic E-state index is 0.153. The topological polar surface area (TPSA) is 35.6 Å². The van der Waals surface area contributed by atoms with Crippen molar-refractivity contribution in [1.29, 1.82) is 0 Å². The van der Waals surface area contributed by atoms with E-state index in [9.17, 15) is 4.79 Å². The monoisotopic (exact) mass is 431 g/mol. The van der Waals surface area contributed by atoms with E-state index >= 15 is 0 Å². The van der Waals surface area contributed by atoms with Crippen molar-refractivity contribution >= 4 is 29.1 Å². The molecular formula is C23H27Cl2N3O. The molecule has 2 aliphatic rings. The van der Waals surface area contributed by atoms with Gasteiger partial charge in [-0.1, -0.05) is 59.6 Å². The standard InChI is InChI=1S/C23H27Cl2N3O/c24-21-7-6-17(14-22(21)25)16-28-12-10-27(11-13-28)9-8-26-23(29)20-15-19(20)18-4-2-1-3-5-18/h1-7,14,19-20H,8-13,15-16H2,(H,26,29)/t19-,20+/m1/s1. The van der Waals surface area contributed by atoms with Crippen LogP contribution in [0.3, 0.4) is 0 Å². The number of carbonyl (C=O) groups is 1. The van der Waals surface area contributed by atoms with Gasteiger partial charge in [0.15, 0.2) is 0 Å². The zero-order valence-corrected chi connectivity index (χ0v) is 18.0. The SMILES string of the molecule is O=C(NCCN1CCN(Cc2ccc(Cl)c(Cl)c2)CC1)[C@H]1C[C@@H]1c1ccccc1. The van der Waals surface area contributed by atoms with E-state index in [0.717, 1.165) is 52.2 Å². The number of hydrogen-bond donors (Lipinski definition) is 1. The lowest BCUT2D eigenvalue weighted by atomic mass is 10.1. The highest BCUT2D eigenvalue weighted by Crippen LogP contribution is 2.47. The summed E-state index contributed by atoms with van der Waals surface area (Å²) in [6.45, 7) is 6.61. The van der Waals surface area contributed by atoms with Crippen molar-refractivity contribution in [2.75, 3.05) is 39.3 Å². The molecule has 0 aromatic heterocycles. The van der Waals surface area contributed by atoms with Crippen LogP contribution in [0.25, 0.3) is 0 Å². The number of rotatable bonds is 7. The van der Waals surface area contributed by atoms with Crippen LogP contribution in [0.2, 0.25) is 10.0 Å². The third kappa shape index (κ3) is 5.52. The van der Waals surface area contributed by atoms with Crippen molar-refractivity contribution in [2.45, 2.75) is 18.9 Å². The van der Waals surface area contributed by atoms with Gasteiger partial charge in [0.1, 0.15) is 0 Å². The molecule has 2 atom stereocenters. The number of nitrogens with zero attached hydrogens (tertiary/aromatic N) is 2. The Bertz CT molecular complexity index is 837. The summed E-state index contributed by atoms with van der Waals surface area (Å²) in [5.41, 5.74) is 2.48. The fourth-order valence-electron chi connectivity index (χ4n) is 4.09. The summed E-state index contributed by atoms with van der Waals surface area (Å²) in [4.78, 5) is 17.2. The second-order valence-electron chi connectivity index (χ2n) is 8.02. The fourth-order valence-corrected chi connectivity index (χ4v) is 4.41. The number of benzene rings is 2. The van der Waals surface area contributed by atoms with E-state index in [1.165, 1.54) is 11.1 Å². The Balaban J connectivity index is 1.13. The van der Waals surface area contributed by atoms with Crippen LogP contribution >= 0.6 is 23.2 Å². The summed E-state index contributed by atoms with van der Waals surface area (Å²) in [5.74, 6) is 0.763. The molecule has 2 aromatic carbocycles. The van der Waals surface area contributed by atoms with Gasteiger partial charge in [-0.05, 0) is 35.6 Å². The van der Waals surface area contributed by atoms with Crippen molar-refractivity contribution in [3.05, 3.63) is 69.7 Å². The molecule has 1 saturated heterocycles. The van der Waals surface area contributed by atoms with Gasteiger partial charge in [-0.15, -0.1) is 0 Å². The zero-order valence-electron chi connectivity index (χ0n) is 16.5. The van der Waals surface area contributed by atoms with E-state index in [0.29, 0.717) is 16.0 Å². The van der Waals surface area contributed by atoms with Crippen LogP contribution < -0.4 is 5.32 Å². The first-order valence-corrected chi connectivity index (χ1v) is 11.1. The number of amides is 1. The highest BCUT2D eigenvalue weighted by atomic mass is 35.5. The van der Waals surface area contributed by atoms with E-state index in [1.807, 2.05) is 36.4 Å². The molecule has 29 heavy (non-hydrogen) atoms. The van der Waals surface area contributed by atoms with Crippen LogP contribution in [0.4, 0.5) is 0 Å². The maximum atomic E-state index is 12.4. The molecule has 2 fully saturated rings. The summed E-state index contributed by atoms with van der Waals surface area (Å²) in [6.07, 6.45) is 0.975. The van der Waals surface area contributed by atoms with E-state index < -0.39 is 0 Å². The lowest BCUT2D eigenvalue weighted by Gasteiger charge is -2.34. The second-order valence-corrected chi connectivity index (χ2v) is 8.83. The van der Waals surface area contributed by atoms with Gasteiger partial charge >= 0.3 is 0 Å². The fraction of sp³-hybridized carbons (Fsp3) is 0.435. The minimum absolute atomic E-state index is 0.153. The van der Waals surface area contributed by atoms with Gasteiger partial charge in [-0.25, -0.2) is 0 Å². The minimum Gasteiger partial charge on any atom is -0.355 e. The molecule has 0 unspecified atom stereocenters. The molecule has 4 nitrogen and oxygen atoms in total. The number of piperazine rings is 1. The van der Waals surface area contributed by atoms with Crippen LogP contribution in [0.1, 0.15) is 23.5 Å². The molecule has 6 heteroatoms. The number of nitrogens with one attached hydrogen (secondary N) is 1. The molecule has 1 heterocycles. The summed E-state index contributed by atoms with van der Waals surface area (Å²) < 4.78 is 0. The van der Waals surface area contributed by atoms with Crippen LogP contribution in [0.15, 0.2) is 48.5 Å². The van der Waals surface area contributed by atoms with Gasteiger partial charge in [0.05, 0.1) is 10.0 Å². The van der Waals surface area contributed by atoms with Crippen LogP contribution in [-0.4, -0.2) is 55.0 Å². The lowest BCUT2D eigenvalue weighted by Crippen LogP contribution is -2.48. The molecule has 0 spiro atoms. The predicted octanol–water partition coefficient (Wildman–Crippen LogP) is 4.03. The summed E-state index contributed by atoms with van der Waals surface area (Å²) in [5, 5.41) is 4.35. The Morgan fingerprint density at radius 3 is 2.41 bits per heavy atom. The van der Waals surface area contributed by atoms with Gasteiger partial charge in [0.2, 0.25) is 5.91 Å². The molecule has 1 N–H and O–H groups in total. The van der Waals surface area contributed by atoms with Crippen LogP contribution in [0, 0.1) is 5.92 Å². The number of carbonyl (C=O) groups excluding carboxylic acids is 1. The van der Waals surface area contributed by atoms with Gasteiger partial charge in [0, 0.05) is 51.7 Å². The molecule has 1 aliphatic carbocycles. The van der Waals surface area contributed by atoms with Crippen LogP contribution in [-0.2, 0) is 11.3 Å². The Kier molecular flexibility index (Phi) is 6.76. The molecular weight excluding hydrogens is 405 g/mol. The van der Waals surface area contributed by atoms with Gasteiger partial charge < -0.3 is 5.32 Å². The average molecular weight is 432 g/mol. The zero-order chi connectivity index (χ0) is 20.2. The Labute approximate surface area is 182 Å². The molecule has 154 valence electrons. The third-order valence-corrected chi connectivity index (χ3v) is 6.68.